The molecule has 0 aromatic carbocycles. The Balaban J connectivity index is 3.03. The molecule has 1 aliphatic rings. The molecule has 0 saturated heterocycles. The Morgan fingerprint density at radius 1 is 1.31 bits per heavy atom. The van der Waals surface area contributed by atoms with Crippen molar-refractivity contribution in [2.75, 3.05) is 0 Å². The van der Waals surface area contributed by atoms with Crippen LogP contribution in [0.5, 0.6) is 0 Å². The fourth-order valence-corrected chi connectivity index (χ4v) is 1.51. The van der Waals surface area contributed by atoms with Gasteiger partial charge in [0.2, 0.25) is 5.78 Å². The van der Waals surface area contributed by atoms with Crippen molar-refractivity contribution in [1.29, 1.82) is 0 Å². The molecule has 88 valence electrons. The molecule has 1 aliphatic carbocycles. The Kier molecular flexibility index (Phi) is 3.84. The van der Waals surface area contributed by atoms with Crippen LogP contribution in [0.25, 0.3) is 0 Å². The monoisotopic (exact) mass is 261 g/mol. The molecule has 1 rings (SSSR count). The highest BCUT2D eigenvalue weighted by Crippen LogP contribution is 2.25. The Hall–Kier alpha value is -0.770. The van der Waals surface area contributed by atoms with E-state index < -0.39 is 5.54 Å². The highest BCUT2D eigenvalue weighted by molar-refractivity contribution is 6.47. The molecule has 0 fully saturated rings. The SMILES string of the molecule is CC(C)(C)N(O)C=C1C=C(Cl)C=C(Cl)C1=O. The van der Waals surface area contributed by atoms with Crippen molar-refractivity contribution < 1.29 is 10.0 Å². The molecule has 0 aliphatic heterocycles. The molecule has 1 N–H and O–H groups in total. The maximum Gasteiger partial charge on any atom is 0.206 e. The molecule has 0 saturated carbocycles. The molecule has 3 nitrogen and oxygen atoms in total. The van der Waals surface area contributed by atoms with Gasteiger partial charge in [-0.25, -0.2) is 0 Å². The zero-order valence-corrected chi connectivity index (χ0v) is 10.8. The number of ketones is 1. The number of hydrogen-bond acceptors (Lipinski definition) is 3. The van der Waals surface area contributed by atoms with Gasteiger partial charge in [0.25, 0.3) is 0 Å². The average Bonchev–Trinajstić information content (AvgIpc) is 2.11. The van der Waals surface area contributed by atoms with Crippen molar-refractivity contribution in [1.82, 2.24) is 5.06 Å². The molecule has 0 atom stereocenters. The second-order valence-electron chi connectivity index (χ2n) is 4.45. The standard InChI is InChI=1S/C11H13Cl2NO2/c1-11(2,3)14(16)6-7-4-8(12)5-9(13)10(7)15/h4-6,16H,1-3H3. The molecule has 5 heteroatoms. The van der Waals surface area contributed by atoms with Crippen LogP contribution in [0.15, 0.2) is 34.0 Å². The first kappa shape index (κ1) is 13.3. The van der Waals surface area contributed by atoms with E-state index in [1.165, 1.54) is 18.4 Å². The van der Waals surface area contributed by atoms with Gasteiger partial charge in [0.05, 0.1) is 10.6 Å². The molecule has 0 spiro atoms. The van der Waals surface area contributed by atoms with Gasteiger partial charge in [-0.2, -0.15) is 0 Å². The summed E-state index contributed by atoms with van der Waals surface area (Å²) in [6.45, 7) is 5.42. The summed E-state index contributed by atoms with van der Waals surface area (Å²) in [5, 5.41) is 11.1. The number of hydroxylamine groups is 2. The van der Waals surface area contributed by atoms with E-state index in [-0.39, 0.29) is 16.4 Å². The third-order valence-electron chi connectivity index (χ3n) is 1.99. The Bertz CT molecular complexity index is 403. The van der Waals surface area contributed by atoms with Crippen LogP contribution < -0.4 is 0 Å². The molecule has 0 bridgehead atoms. The minimum atomic E-state index is -0.499. The van der Waals surface area contributed by atoms with Crippen LogP contribution in [-0.2, 0) is 4.79 Å². The van der Waals surface area contributed by atoms with Crippen molar-refractivity contribution in [2.45, 2.75) is 26.3 Å². The number of rotatable bonds is 1. The summed E-state index contributed by atoms with van der Waals surface area (Å²) in [5.41, 5.74) is -0.240. The summed E-state index contributed by atoms with van der Waals surface area (Å²) in [6.07, 6.45) is 4.16. The summed E-state index contributed by atoms with van der Waals surface area (Å²) >= 11 is 11.5. The maximum absolute atomic E-state index is 11.6. The van der Waals surface area contributed by atoms with Crippen LogP contribution in [0.1, 0.15) is 20.8 Å². The fraction of sp³-hybridized carbons (Fsp3) is 0.364. The van der Waals surface area contributed by atoms with Crippen LogP contribution in [0.4, 0.5) is 0 Å². The second-order valence-corrected chi connectivity index (χ2v) is 5.29. The summed E-state index contributed by atoms with van der Waals surface area (Å²) < 4.78 is 0. The lowest BCUT2D eigenvalue weighted by atomic mass is 10.1. The largest absolute Gasteiger partial charge is 0.288 e. The third kappa shape index (κ3) is 3.11. The Morgan fingerprint density at radius 3 is 2.38 bits per heavy atom. The lowest BCUT2D eigenvalue weighted by molar-refractivity contribution is -0.116. The number of Topliss-reactive ketones (excluding diaryl/α,β-unsaturated/α-hetero) is 1. The first-order valence-electron chi connectivity index (χ1n) is 4.71. The molecule has 0 radical (unpaired) electrons. The molecular weight excluding hydrogens is 249 g/mol. The van der Waals surface area contributed by atoms with Crippen LogP contribution in [0, 0.1) is 0 Å². The number of hydrogen-bond donors (Lipinski definition) is 1. The highest BCUT2D eigenvalue weighted by Gasteiger charge is 2.21. The van der Waals surface area contributed by atoms with Crippen LogP contribution >= 0.6 is 23.2 Å². The van der Waals surface area contributed by atoms with Crippen molar-refractivity contribution in [3.05, 3.63) is 34.0 Å². The molecule has 0 aromatic heterocycles. The van der Waals surface area contributed by atoms with E-state index in [9.17, 15) is 10.0 Å². The topological polar surface area (TPSA) is 40.5 Å². The smallest absolute Gasteiger partial charge is 0.206 e. The van der Waals surface area contributed by atoms with Gasteiger partial charge in [-0.1, -0.05) is 23.2 Å². The number of nitrogens with zero attached hydrogens (tertiary/aromatic N) is 1. The fourth-order valence-electron chi connectivity index (χ4n) is 1.00. The van der Waals surface area contributed by atoms with Gasteiger partial charge in [0.1, 0.15) is 0 Å². The van der Waals surface area contributed by atoms with Gasteiger partial charge in [0.15, 0.2) is 0 Å². The van der Waals surface area contributed by atoms with E-state index in [4.69, 9.17) is 23.2 Å². The normalized spacial score (nSPS) is 19.6. The maximum atomic E-state index is 11.6. The first-order chi connectivity index (χ1) is 7.21. The minimum absolute atomic E-state index is 0.0426. The average molecular weight is 262 g/mol. The summed E-state index contributed by atoms with van der Waals surface area (Å²) in [7, 11) is 0. The van der Waals surface area contributed by atoms with Crippen LogP contribution in [0.2, 0.25) is 0 Å². The van der Waals surface area contributed by atoms with E-state index in [1.807, 2.05) is 0 Å². The third-order valence-corrected chi connectivity index (χ3v) is 2.48. The first-order valence-corrected chi connectivity index (χ1v) is 5.46. The van der Waals surface area contributed by atoms with Crippen molar-refractivity contribution in [2.24, 2.45) is 0 Å². The van der Waals surface area contributed by atoms with Gasteiger partial charge in [-0.15, -0.1) is 0 Å². The van der Waals surface area contributed by atoms with E-state index in [0.29, 0.717) is 5.03 Å². The van der Waals surface area contributed by atoms with Gasteiger partial charge in [-0.3, -0.25) is 15.1 Å². The van der Waals surface area contributed by atoms with Crippen LogP contribution in [-0.4, -0.2) is 21.6 Å². The van der Waals surface area contributed by atoms with E-state index >= 15 is 0 Å². The van der Waals surface area contributed by atoms with Gasteiger partial charge < -0.3 is 0 Å². The minimum Gasteiger partial charge on any atom is -0.288 e. The molecule has 0 heterocycles. The Morgan fingerprint density at radius 2 is 1.88 bits per heavy atom. The number of carbonyl (C=O) groups is 1. The second kappa shape index (κ2) is 4.62. The van der Waals surface area contributed by atoms with Crippen molar-refractivity contribution in [3.63, 3.8) is 0 Å². The lowest BCUT2D eigenvalue weighted by Crippen LogP contribution is -2.35. The van der Waals surface area contributed by atoms with E-state index in [1.54, 1.807) is 20.8 Å². The molecule has 0 aromatic rings. The Labute approximate surface area is 105 Å². The van der Waals surface area contributed by atoms with E-state index in [2.05, 4.69) is 0 Å². The predicted molar refractivity (Wildman–Crippen MR) is 64.3 cm³/mol. The molecule has 0 amide bonds. The molecule has 16 heavy (non-hydrogen) atoms. The van der Waals surface area contributed by atoms with Crippen molar-refractivity contribution in [3.8, 4) is 0 Å². The number of carbonyl (C=O) groups excluding carboxylic acids is 1. The molecule has 0 unspecified atom stereocenters. The van der Waals surface area contributed by atoms with Gasteiger partial charge in [0, 0.05) is 16.8 Å². The number of halogens is 2. The zero-order chi connectivity index (χ0) is 12.5. The zero-order valence-electron chi connectivity index (χ0n) is 9.29. The summed E-state index contributed by atoms with van der Waals surface area (Å²) in [4.78, 5) is 11.6. The van der Waals surface area contributed by atoms with E-state index in [0.717, 1.165) is 5.06 Å². The molecular formula is C11H13Cl2NO2. The summed E-state index contributed by atoms with van der Waals surface area (Å²) in [6, 6.07) is 0. The quantitative estimate of drug-likeness (QED) is 0.582. The van der Waals surface area contributed by atoms with Crippen LogP contribution in [0.3, 0.4) is 0 Å². The lowest BCUT2D eigenvalue weighted by Gasteiger charge is -2.28. The van der Waals surface area contributed by atoms with Crippen molar-refractivity contribution >= 4 is 29.0 Å². The van der Waals surface area contributed by atoms with Gasteiger partial charge in [-0.05, 0) is 32.9 Å². The predicted octanol–water partition coefficient (Wildman–Crippen LogP) is 3.19. The van der Waals surface area contributed by atoms with Gasteiger partial charge >= 0.3 is 0 Å². The summed E-state index contributed by atoms with van der Waals surface area (Å²) in [5.74, 6) is -0.352. The number of allylic oxidation sites excluding steroid dienone is 5. The highest BCUT2D eigenvalue weighted by atomic mass is 35.5.